The molecule has 0 aliphatic heterocycles. The highest BCUT2D eigenvalue weighted by Crippen LogP contribution is 2.21. The van der Waals surface area contributed by atoms with Crippen molar-refractivity contribution >= 4 is 11.6 Å². The van der Waals surface area contributed by atoms with Crippen LogP contribution in [0.1, 0.15) is 25.6 Å². The van der Waals surface area contributed by atoms with Gasteiger partial charge in [0.2, 0.25) is 0 Å². The third kappa shape index (κ3) is 2.70. The largest absolute Gasteiger partial charge is 0.385 e. The Bertz CT molecular complexity index is 279. The van der Waals surface area contributed by atoms with Gasteiger partial charge in [-0.2, -0.15) is 5.10 Å². The minimum atomic E-state index is -0.614. The Morgan fingerprint density at radius 3 is 2.71 bits per heavy atom. The van der Waals surface area contributed by atoms with Crippen molar-refractivity contribution < 1.29 is 5.11 Å². The zero-order valence-electron chi connectivity index (χ0n) is 8.66. The number of hydrogen-bond donors (Lipinski definition) is 2. The number of aliphatic hydroxyl groups excluding tert-OH is 1. The maximum Gasteiger partial charge on any atom is 0.110 e. The van der Waals surface area contributed by atoms with Gasteiger partial charge in [-0.15, -0.1) is 0 Å². The lowest BCUT2D eigenvalue weighted by Crippen LogP contribution is -2.28. The molecule has 0 saturated carbocycles. The van der Waals surface area contributed by atoms with E-state index in [2.05, 4.69) is 10.4 Å². The normalized spacial score (nSPS) is 13.6. The molecule has 2 N–H and O–H groups in total. The summed E-state index contributed by atoms with van der Waals surface area (Å²) >= 11 is 5.88. The molecule has 0 aromatic carbocycles. The number of aliphatic hydroxyl groups is 1. The van der Waals surface area contributed by atoms with E-state index < -0.39 is 6.10 Å². The van der Waals surface area contributed by atoms with E-state index in [-0.39, 0.29) is 0 Å². The molecule has 1 aromatic rings. The van der Waals surface area contributed by atoms with Gasteiger partial charge in [0.15, 0.2) is 0 Å². The molecule has 1 unspecified atom stereocenters. The molecule has 0 fully saturated rings. The summed E-state index contributed by atoms with van der Waals surface area (Å²) in [7, 11) is 1.76. The molecule has 1 heterocycles. The van der Waals surface area contributed by atoms with Crippen LogP contribution in [0.15, 0.2) is 6.20 Å². The molecule has 5 heteroatoms. The second-order valence-corrected chi connectivity index (χ2v) is 3.99. The summed E-state index contributed by atoms with van der Waals surface area (Å²) in [6, 6.07) is 0.344. The zero-order chi connectivity index (χ0) is 10.7. The summed E-state index contributed by atoms with van der Waals surface area (Å²) in [5.74, 6) is 0. The first-order chi connectivity index (χ1) is 6.52. The SMILES string of the molecule is CC(C)NCC(O)c1c(Cl)cnn1C. The predicted octanol–water partition coefficient (Wildman–Crippen LogP) is 1.10. The molecule has 1 atom stereocenters. The van der Waals surface area contributed by atoms with Crippen molar-refractivity contribution in [2.75, 3.05) is 6.54 Å². The smallest absolute Gasteiger partial charge is 0.110 e. The van der Waals surface area contributed by atoms with Crippen molar-refractivity contribution in [1.82, 2.24) is 15.1 Å². The minimum absolute atomic E-state index is 0.344. The van der Waals surface area contributed by atoms with Crippen molar-refractivity contribution in [2.24, 2.45) is 7.05 Å². The maximum atomic E-state index is 9.81. The Hall–Kier alpha value is -0.580. The average molecular weight is 218 g/mol. The molecule has 80 valence electrons. The number of halogens is 1. The van der Waals surface area contributed by atoms with Crippen LogP contribution in [0.2, 0.25) is 5.02 Å². The molecule has 0 saturated heterocycles. The third-order valence-corrected chi connectivity index (χ3v) is 2.26. The van der Waals surface area contributed by atoms with Crippen LogP contribution < -0.4 is 5.32 Å². The molecule has 0 spiro atoms. The first-order valence-corrected chi connectivity index (χ1v) is 4.99. The number of nitrogens with one attached hydrogen (secondary N) is 1. The van der Waals surface area contributed by atoms with Crippen LogP contribution in [0.25, 0.3) is 0 Å². The Labute approximate surface area is 88.9 Å². The van der Waals surface area contributed by atoms with E-state index in [1.54, 1.807) is 11.7 Å². The molecule has 1 rings (SSSR count). The van der Waals surface area contributed by atoms with Gasteiger partial charge in [-0.1, -0.05) is 25.4 Å². The van der Waals surface area contributed by atoms with Crippen molar-refractivity contribution in [3.05, 3.63) is 16.9 Å². The van der Waals surface area contributed by atoms with Gasteiger partial charge in [0.05, 0.1) is 16.9 Å². The standard InChI is InChI=1S/C9H16ClN3O/c1-6(2)11-5-8(14)9-7(10)4-12-13(9)3/h4,6,8,11,14H,5H2,1-3H3. The summed E-state index contributed by atoms with van der Waals surface area (Å²) in [6.45, 7) is 4.53. The topological polar surface area (TPSA) is 50.1 Å². The van der Waals surface area contributed by atoms with E-state index in [1.807, 2.05) is 13.8 Å². The molecule has 4 nitrogen and oxygen atoms in total. The molecular weight excluding hydrogens is 202 g/mol. The highest BCUT2D eigenvalue weighted by Gasteiger charge is 2.16. The summed E-state index contributed by atoms with van der Waals surface area (Å²) in [5.41, 5.74) is 0.653. The van der Waals surface area contributed by atoms with Crippen LogP contribution in [0.3, 0.4) is 0 Å². The highest BCUT2D eigenvalue weighted by atomic mass is 35.5. The number of aryl methyl sites for hydroxylation is 1. The number of nitrogens with zero attached hydrogens (tertiary/aromatic N) is 2. The summed E-state index contributed by atoms with van der Waals surface area (Å²) in [5, 5.41) is 17.4. The van der Waals surface area contributed by atoms with E-state index in [0.717, 1.165) is 0 Å². The molecule has 0 aliphatic rings. The predicted molar refractivity (Wildman–Crippen MR) is 56.3 cm³/mol. The van der Waals surface area contributed by atoms with Crippen molar-refractivity contribution in [2.45, 2.75) is 26.0 Å². The lowest BCUT2D eigenvalue weighted by Gasteiger charge is -2.14. The van der Waals surface area contributed by atoms with Gasteiger partial charge >= 0.3 is 0 Å². The maximum absolute atomic E-state index is 9.81. The summed E-state index contributed by atoms with van der Waals surface area (Å²) < 4.78 is 1.59. The first-order valence-electron chi connectivity index (χ1n) is 4.61. The average Bonchev–Trinajstić information content (AvgIpc) is 2.42. The Balaban J connectivity index is 2.64. The van der Waals surface area contributed by atoms with Gasteiger partial charge in [-0.3, -0.25) is 4.68 Å². The van der Waals surface area contributed by atoms with Gasteiger partial charge in [-0.05, 0) is 0 Å². The van der Waals surface area contributed by atoms with Gasteiger partial charge in [0.1, 0.15) is 6.10 Å². The van der Waals surface area contributed by atoms with Crippen molar-refractivity contribution in [3.8, 4) is 0 Å². The Morgan fingerprint density at radius 2 is 2.29 bits per heavy atom. The number of rotatable bonds is 4. The fraction of sp³-hybridized carbons (Fsp3) is 0.667. The first kappa shape index (κ1) is 11.5. The molecule has 1 aromatic heterocycles. The quantitative estimate of drug-likeness (QED) is 0.795. The van der Waals surface area contributed by atoms with E-state index in [0.29, 0.717) is 23.3 Å². The zero-order valence-corrected chi connectivity index (χ0v) is 9.41. The molecule has 0 radical (unpaired) electrons. The lowest BCUT2D eigenvalue weighted by atomic mass is 10.2. The van der Waals surface area contributed by atoms with Crippen LogP contribution in [0.5, 0.6) is 0 Å². The van der Waals surface area contributed by atoms with Crippen LogP contribution in [-0.2, 0) is 7.05 Å². The van der Waals surface area contributed by atoms with Gasteiger partial charge in [-0.25, -0.2) is 0 Å². The Kier molecular flexibility index (Phi) is 3.92. The van der Waals surface area contributed by atoms with E-state index in [9.17, 15) is 5.11 Å². The Morgan fingerprint density at radius 1 is 1.64 bits per heavy atom. The van der Waals surface area contributed by atoms with Crippen LogP contribution in [-0.4, -0.2) is 27.5 Å². The van der Waals surface area contributed by atoms with Crippen molar-refractivity contribution in [3.63, 3.8) is 0 Å². The van der Waals surface area contributed by atoms with Gasteiger partial charge in [0.25, 0.3) is 0 Å². The highest BCUT2D eigenvalue weighted by molar-refractivity contribution is 6.31. The van der Waals surface area contributed by atoms with Crippen LogP contribution in [0.4, 0.5) is 0 Å². The molecule has 0 amide bonds. The fourth-order valence-electron chi connectivity index (χ4n) is 1.24. The lowest BCUT2D eigenvalue weighted by molar-refractivity contribution is 0.162. The summed E-state index contributed by atoms with van der Waals surface area (Å²) in [6.07, 6.45) is 0.924. The second kappa shape index (κ2) is 4.77. The molecular formula is C9H16ClN3O. The number of aromatic nitrogens is 2. The van der Waals surface area contributed by atoms with Gasteiger partial charge in [0, 0.05) is 19.6 Å². The van der Waals surface area contributed by atoms with E-state index in [4.69, 9.17) is 11.6 Å². The fourth-order valence-corrected chi connectivity index (χ4v) is 1.53. The van der Waals surface area contributed by atoms with E-state index >= 15 is 0 Å². The molecule has 14 heavy (non-hydrogen) atoms. The van der Waals surface area contributed by atoms with Crippen LogP contribution >= 0.6 is 11.6 Å². The van der Waals surface area contributed by atoms with Crippen molar-refractivity contribution in [1.29, 1.82) is 0 Å². The van der Waals surface area contributed by atoms with Crippen LogP contribution in [0, 0.1) is 0 Å². The molecule has 0 bridgehead atoms. The number of hydrogen-bond acceptors (Lipinski definition) is 3. The van der Waals surface area contributed by atoms with E-state index in [1.165, 1.54) is 6.20 Å². The molecule has 0 aliphatic carbocycles. The van der Waals surface area contributed by atoms with Gasteiger partial charge < -0.3 is 10.4 Å². The monoisotopic (exact) mass is 217 g/mol. The second-order valence-electron chi connectivity index (χ2n) is 3.58. The summed E-state index contributed by atoms with van der Waals surface area (Å²) in [4.78, 5) is 0. The third-order valence-electron chi connectivity index (χ3n) is 1.97. The minimum Gasteiger partial charge on any atom is -0.385 e.